The summed E-state index contributed by atoms with van der Waals surface area (Å²) in [4.78, 5) is 11.7. The number of hydrogen-bond donors (Lipinski definition) is 1. The summed E-state index contributed by atoms with van der Waals surface area (Å²) in [5, 5.41) is 3.27. The number of hydrogen-bond acceptors (Lipinski definition) is 2. The van der Waals surface area contributed by atoms with Crippen LogP contribution in [0.5, 0.6) is 0 Å². The van der Waals surface area contributed by atoms with Crippen molar-refractivity contribution in [1.82, 2.24) is 5.32 Å². The second-order valence-electron chi connectivity index (χ2n) is 3.91. The topological polar surface area (TPSA) is 29.1 Å². The van der Waals surface area contributed by atoms with Gasteiger partial charge in [0.15, 0.2) is 0 Å². The molecule has 0 saturated carbocycles. The fourth-order valence-electron chi connectivity index (χ4n) is 1.92. The van der Waals surface area contributed by atoms with E-state index < -0.39 is 0 Å². The van der Waals surface area contributed by atoms with E-state index in [4.69, 9.17) is 0 Å². The Kier molecular flexibility index (Phi) is 3.54. The summed E-state index contributed by atoms with van der Waals surface area (Å²) < 4.78 is 1.10. The number of carbonyl (C=O) groups is 1. The highest BCUT2D eigenvalue weighted by atomic mass is 79.9. The Morgan fingerprint density at radius 1 is 1.40 bits per heavy atom. The minimum Gasteiger partial charge on any atom is -0.316 e. The zero-order valence-corrected chi connectivity index (χ0v) is 10.1. The highest BCUT2D eigenvalue weighted by molar-refractivity contribution is 9.10. The molecular weight excluding hydrogens is 254 g/mol. The lowest BCUT2D eigenvalue weighted by Crippen LogP contribution is -2.37. The molecule has 2 rings (SSSR count). The lowest BCUT2D eigenvalue weighted by atomic mass is 9.91. The zero-order chi connectivity index (χ0) is 10.7. The standard InChI is InChI=1S/C12H14BrNO/c13-11-4-2-1-3-9(11)7-10-8-14-6-5-12(10)15/h1-4,10,14H,5-8H2. The molecule has 0 bridgehead atoms. The van der Waals surface area contributed by atoms with Gasteiger partial charge in [-0.2, -0.15) is 0 Å². The maximum atomic E-state index is 11.7. The van der Waals surface area contributed by atoms with Gasteiger partial charge in [-0.05, 0) is 18.1 Å². The number of rotatable bonds is 2. The summed E-state index contributed by atoms with van der Waals surface area (Å²) in [6.45, 7) is 1.66. The van der Waals surface area contributed by atoms with Crippen LogP contribution in [0.1, 0.15) is 12.0 Å². The Balaban J connectivity index is 2.08. The quantitative estimate of drug-likeness (QED) is 0.890. The van der Waals surface area contributed by atoms with Gasteiger partial charge >= 0.3 is 0 Å². The largest absolute Gasteiger partial charge is 0.316 e. The smallest absolute Gasteiger partial charge is 0.138 e. The molecule has 15 heavy (non-hydrogen) atoms. The van der Waals surface area contributed by atoms with Crippen molar-refractivity contribution in [3.05, 3.63) is 34.3 Å². The molecule has 1 fully saturated rings. The predicted molar refractivity (Wildman–Crippen MR) is 63.8 cm³/mol. The summed E-state index contributed by atoms with van der Waals surface area (Å²) in [6.07, 6.45) is 1.52. The Hall–Kier alpha value is -0.670. The summed E-state index contributed by atoms with van der Waals surface area (Å²) in [5.41, 5.74) is 1.22. The van der Waals surface area contributed by atoms with E-state index in [9.17, 15) is 4.79 Å². The summed E-state index contributed by atoms with van der Waals surface area (Å²) >= 11 is 3.51. The molecule has 1 aromatic rings. The molecule has 0 aliphatic carbocycles. The second-order valence-corrected chi connectivity index (χ2v) is 4.77. The van der Waals surface area contributed by atoms with Crippen molar-refractivity contribution in [1.29, 1.82) is 0 Å². The zero-order valence-electron chi connectivity index (χ0n) is 8.50. The van der Waals surface area contributed by atoms with Gasteiger partial charge in [-0.1, -0.05) is 34.1 Å². The van der Waals surface area contributed by atoms with Gasteiger partial charge in [-0.3, -0.25) is 4.79 Å². The van der Waals surface area contributed by atoms with Crippen molar-refractivity contribution in [2.24, 2.45) is 5.92 Å². The van der Waals surface area contributed by atoms with Gasteiger partial charge in [-0.25, -0.2) is 0 Å². The third kappa shape index (κ3) is 2.67. The number of nitrogens with one attached hydrogen (secondary N) is 1. The van der Waals surface area contributed by atoms with Gasteiger partial charge in [0.05, 0.1) is 0 Å². The normalized spacial score (nSPS) is 21.7. The van der Waals surface area contributed by atoms with E-state index in [1.807, 2.05) is 18.2 Å². The van der Waals surface area contributed by atoms with Crippen molar-refractivity contribution in [3.63, 3.8) is 0 Å². The maximum Gasteiger partial charge on any atom is 0.138 e. The number of Topliss-reactive ketones (excluding diaryl/α,β-unsaturated/α-hetero) is 1. The van der Waals surface area contributed by atoms with E-state index in [-0.39, 0.29) is 5.92 Å². The molecule has 0 radical (unpaired) electrons. The number of carbonyl (C=O) groups excluding carboxylic acids is 1. The summed E-state index contributed by atoms with van der Waals surface area (Å²) in [7, 11) is 0. The molecule has 3 heteroatoms. The lowest BCUT2D eigenvalue weighted by Gasteiger charge is -2.21. The van der Waals surface area contributed by atoms with E-state index in [1.54, 1.807) is 0 Å². The number of piperidine rings is 1. The molecule has 80 valence electrons. The molecule has 1 heterocycles. The third-order valence-corrected chi connectivity index (χ3v) is 3.59. The highest BCUT2D eigenvalue weighted by Gasteiger charge is 2.22. The fourth-order valence-corrected chi connectivity index (χ4v) is 2.37. The SMILES string of the molecule is O=C1CCNCC1Cc1ccccc1Br. The van der Waals surface area contributed by atoms with Gasteiger partial charge in [-0.15, -0.1) is 0 Å². The second kappa shape index (κ2) is 4.90. The molecule has 0 spiro atoms. The van der Waals surface area contributed by atoms with Gasteiger partial charge < -0.3 is 5.32 Å². The molecule has 0 amide bonds. The molecule has 1 aliphatic heterocycles. The Labute approximate surface area is 98.2 Å². The van der Waals surface area contributed by atoms with Gasteiger partial charge in [0, 0.05) is 29.9 Å². The molecule has 1 saturated heterocycles. The molecular formula is C12H14BrNO. The Morgan fingerprint density at radius 2 is 2.20 bits per heavy atom. The summed E-state index contributed by atoms with van der Waals surface area (Å²) in [5.74, 6) is 0.543. The average Bonchev–Trinajstić information content (AvgIpc) is 2.24. The van der Waals surface area contributed by atoms with Crippen LogP contribution in [-0.2, 0) is 11.2 Å². The van der Waals surface area contributed by atoms with Crippen LogP contribution in [0.15, 0.2) is 28.7 Å². The molecule has 1 atom stereocenters. The van der Waals surface area contributed by atoms with Crippen LogP contribution in [0.3, 0.4) is 0 Å². The van der Waals surface area contributed by atoms with E-state index in [0.717, 1.165) is 24.0 Å². The molecule has 2 nitrogen and oxygen atoms in total. The maximum absolute atomic E-state index is 11.7. The van der Waals surface area contributed by atoms with Crippen LogP contribution in [0, 0.1) is 5.92 Å². The first-order valence-electron chi connectivity index (χ1n) is 5.24. The average molecular weight is 268 g/mol. The van der Waals surface area contributed by atoms with Crippen molar-refractivity contribution in [2.75, 3.05) is 13.1 Å². The lowest BCUT2D eigenvalue weighted by molar-refractivity contribution is -0.123. The van der Waals surface area contributed by atoms with E-state index >= 15 is 0 Å². The van der Waals surface area contributed by atoms with Crippen LogP contribution < -0.4 is 5.32 Å². The minimum atomic E-state index is 0.150. The molecule has 0 aromatic heterocycles. The van der Waals surface area contributed by atoms with Gasteiger partial charge in [0.1, 0.15) is 5.78 Å². The fraction of sp³-hybridized carbons (Fsp3) is 0.417. The van der Waals surface area contributed by atoms with Crippen LogP contribution in [0.2, 0.25) is 0 Å². The molecule has 1 N–H and O–H groups in total. The van der Waals surface area contributed by atoms with E-state index in [1.165, 1.54) is 5.56 Å². The first-order valence-corrected chi connectivity index (χ1v) is 6.03. The monoisotopic (exact) mass is 267 g/mol. The van der Waals surface area contributed by atoms with Crippen LogP contribution >= 0.6 is 15.9 Å². The summed E-state index contributed by atoms with van der Waals surface area (Å²) in [6, 6.07) is 8.11. The minimum absolute atomic E-state index is 0.150. The van der Waals surface area contributed by atoms with E-state index in [0.29, 0.717) is 12.2 Å². The van der Waals surface area contributed by atoms with Crippen LogP contribution in [-0.4, -0.2) is 18.9 Å². The number of ketones is 1. The van der Waals surface area contributed by atoms with Crippen LogP contribution in [0.25, 0.3) is 0 Å². The number of benzene rings is 1. The number of halogens is 1. The molecule has 1 aromatic carbocycles. The van der Waals surface area contributed by atoms with Gasteiger partial charge in [0.25, 0.3) is 0 Å². The Morgan fingerprint density at radius 3 is 2.93 bits per heavy atom. The first kappa shape index (κ1) is 10.8. The van der Waals surface area contributed by atoms with Crippen molar-refractivity contribution >= 4 is 21.7 Å². The van der Waals surface area contributed by atoms with Crippen LogP contribution in [0.4, 0.5) is 0 Å². The van der Waals surface area contributed by atoms with Crippen molar-refractivity contribution < 1.29 is 4.79 Å². The molecule has 1 unspecified atom stereocenters. The predicted octanol–water partition coefficient (Wildman–Crippen LogP) is 2.17. The molecule has 1 aliphatic rings. The van der Waals surface area contributed by atoms with Crippen molar-refractivity contribution in [3.8, 4) is 0 Å². The highest BCUT2D eigenvalue weighted by Crippen LogP contribution is 2.21. The Bertz CT molecular complexity index is 364. The third-order valence-electron chi connectivity index (χ3n) is 2.82. The first-order chi connectivity index (χ1) is 7.27. The van der Waals surface area contributed by atoms with E-state index in [2.05, 4.69) is 27.3 Å². The van der Waals surface area contributed by atoms with Gasteiger partial charge in [0.2, 0.25) is 0 Å². The van der Waals surface area contributed by atoms with Crippen molar-refractivity contribution in [2.45, 2.75) is 12.8 Å².